The molecular formula is C25H22FN3OS. The summed E-state index contributed by atoms with van der Waals surface area (Å²) in [5.74, 6) is -0.421. The number of hydrogen-bond donors (Lipinski definition) is 0. The van der Waals surface area contributed by atoms with Gasteiger partial charge < -0.3 is 4.90 Å². The van der Waals surface area contributed by atoms with E-state index >= 15 is 0 Å². The van der Waals surface area contributed by atoms with Crippen LogP contribution in [0.4, 0.5) is 4.39 Å². The van der Waals surface area contributed by atoms with Gasteiger partial charge in [0.25, 0.3) is 5.91 Å². The molecule has 4 aromatic rings. The van der Waals surface area contributed by atoms with Crippen LogP contribution in [-0.4, -0.2) is 46.9 Å². The molecule has 0 spiro atoms. The van der Waals surface area contributed by atoms with Gasteiger partial charge >= 0.3 is 0 Å². The van der Waals surface area contributed by atoms with Gasteiger partial charge in [0.15, 0.2) is 0 Å². The smallest absolute Gasteiger partial charge is 0.254 e. The summed E-state index contributed by atoms with van der Waals surface area (Å²) in [5, 5.41) is 2.55. The van der Waals surface area contributed by atoms with E-state index in [1.165, 1.54) is 17.7 Å². The zero-order valence-corrected chi connectivity index (χ0v) is 17.8. The number of thiophene rings is 1. The zero-order chi connectivity index (χ0) is 21.2. The summed E-state index contributed by atoms with van der Waals surface area (Å²) in [4.78, 5) is 23.4. The van der Waals surface area contributed by atoms with Crippen LogP contribution >= 0.6 is 11.3 Å². The number of hydrogen-bond acceptors (Lipinski definition) is 4. The van der Waals surface area contributed by atoms with Crippen LogP contribution in [0.25, 0.3) is 21.5 Å². The molecule has 0 unspecified atom stereocenters. The summed E-state index contributed by atoms with van der Waals surface area (Å²) >= 11 is 1.58. The first-order chi connectivity index (χ1) is 15.2. The van der Waals surface area contributed by atoms with Crippen LogP contribution in [0.5, 0.6) is 0 Å². The van der Waals surface area contributed by atoms with Crippen molar-refractivity contribution in [3.63, 3.8) is 0 Å². The van der Waals surface area contributed by atoms with Crippen LogP contribution in [0.3, 0.4) is 0 Å². The largest absolute Gasteiger partial charge is 0.336 e. The lowest BCUT2D eigenvalue weighted by atomic mass is 10.0. The molecule has 1 amide bonds. The standard InChI is InChI=1S/C25H22FN3OS/c26-19-8-9-22-20(15-19)21(16-23(27-22)24-7-4-14-31-24)25(30)29-12-10-28(11-13-29)17-18-5-2-1-3-6-18/h1-9,14-16H,10-13,17H2. The van der Waals surface area contributed by atoms with Crippen molar-refractivity contribution < 1.29 is 9.18 Å². The van der Waals surface area contributed by atoms with E-state index in [2.05, 4.69) is 22.0 Å². The Hall–Kier alpha value is -3.09. The summed E-state index contributed by atoms with van der Waals surface area (Å²) < 4.78 is 14.0. The molecule has 0 bridgehead atoms. The van der Waals surface area contributed by atoms with E-state index < -0.39 is 0 Å². The second-order valence-electron chi connectivity index (χ2n) is 7.75. The summed E-state index contributed by atoms with van der Waals surface area (Å²) in [6, 6.07) is 20.6. The number of pyridine rings is 1. The monoisotopic (exact) mass is 431 g/mol. The molecule has 1 fully saturated rings. The third-order valence-corrected chi connectivity index (χ3v) is 6.58. The number of carbonyl (C=O) groups excluding carboxylic acids is 1. The normalized spacial score (nSPS) is 14.8. The highest BCUT2D eigenvalue weighted by molar-refractivity contribution is 7.13. The van der Waals surface area contributed by atoms with Gasteiger partial charge in [-0.25, -0.2) is 9.37 Å². The molecule has 2 aromatic carbocycles. The minimum absolute atomic E-state index is 0.0600. The van der Waals surface area contributed by atoms with Gasteiger partial charge in [-0.15, -0.1) is 11.3 Å². The third kappa shape index (κ3) is 4.22. The molecule has 31 heavy (non-hydrogen) atoms. The summed E-state index contributed by atoms with van der Waals surface area (Å²) in [6.45, 7) is 3.82. The SMILES string of the molecule is O=C(c1cc(-c2cccs2)nc2ccc(F)cc12)N1CCN(Cc2ccccc2)CC1. The maximum absolute atomic E-state index is 14.0. The van der Waals surface area contributed by atoms with E-state index in [1.54, 1.807) is 17.4 Å². The van der Waals surface area contributed by atoms with Gasteiger partial charge in [0, 0.05) is 38.1 Å². The van der Waals surface area contributed by atoms with Gasteiger partial charge in [0.2, 0.25) is 0 Å². The van der Waals surface area contributed by atoms with Gasteiger partial charge in [-0.2, -0.15) is 0 Å². The first-order valence-electron chi connectivity index (χ1n) is 10.4. The Morgan fingerprint density at radius 3 is 2.52 bits per heavy atom. The Morgan fingerprint density at radius 1 is 0.968 bits per heavy atom. The molecule has 156 valence electrons. The lowest BCUT2D eigenvalue weighted by molar-refractivity contribution is 0.0630. The van der Waals surface area contributed by atoms with Crippen molar-refractivity contribution >= 4 is 28.1 Å². The van der Waals surface area contributed by atoms with Crippen molar-refractivity contribution in [2.45, 2.75) is 6.54 Å². The van der Waals surface area contributed by atoms with Crippen molar-refractivity contribution in [3.8, 4) is 10.6 Å². The molecule has 0 radical (unpaired) electrons. The molecule has 6 heteroatoms. The fourth-order valence-corrected chi connectivity index (χ4v) is 4.73. The zero-order valence-electron chi connectivity index (χ0n) is 17.0. The topological polar surface area (TPSA) is 36.4 Å². The van der Waals surface area contributed by atoms with Gasteiger partial charge in [0.1, 0.15) is 5.82 Å². The number of amides is 1. The van der Waals surface area contributed by atoms with E-state index in [4.69, 9.17) is 0 Å². The van der Waals surface area contributed by atoms with Crippen molar-refractivity contribution in [1.82, 2.24) is 14.8 Å². The average Bonchev–Trinajstić information content (AvgIpc) is 3.34. The lowest BCUT2D eigenvalue weighted by Gasteiger charge is -2.35. The van der Waals surface area contributed by atoms with E-state index in [0.29, 0.717) is 29.6 Å². The Balaban J connectivity index is 1.40. The van der Waals surface area contributed by atoms with Crippen molar-refractivity contribution in [3.05, 3.63) is 89.1 Å². The fraction of sp³-hybridized carbons (Fsp3) is 0.200. The van der Waals surface area contributed by atoms with E-state index in [-0.39, 0.29) is 11.7 Å². The molecule has 5 rings (SSSR count). The molecular weight excluding hydrogens is 409 g/mol. The first-order valence-corrected chi connectivity index (χ1v) is 11.2. The second-order valence-corrected chi connectivity index (χ2v) is 8.70. The summed E-state index contributed by atoms with van der Waals surface area (Å²) in [7, 11) is 0. The highest BCUT2D eigenvalue weighted by Gasteiger charge is 2.24. The van der Waals surface area contributed by atoms with Crippen molar-refractivity contribution in [2.75, 3.05) is 26.2 Å². The fourth-order valence-electron chi connectivity index (χ4n) is 4.05. The van der Waals surface area contributed by atoms with Gasteiger partial charge in [-0.1, -0.05) is 36.4 Å². The quantitative estimate of drug-likeness (QED) is 0.453. The van der Waals surface area contributed by atoms with E-state index in [9.17, 15) is 9.18 Å². The summed E-state index contributed by atoms with van der Waals surface area (Å²) in [5.41, 5.74) is 3.18. The highest BCUT2D eigenvalue weighted by atomic mass is 32.1. The number of aromatic nitrogens is 1. The van der Waals surface area contributed by atoms with Crippen LogP contribution in [0.1, 0.15) is 15.9 Å². The van der Waals surface area contributed by atoms with Crippen LogP contribution in [-0.2, 0) is 6.54 Å². The lowest BCUT2D eigenvalue weighted by Crippen LogP contribution is -2.48. The Bertz CT molecular complexity index is 1200. The number of fused-ring (bicyclic) bond motifs is 1. The molecule has 1 aliphatic rings. The minimum Gasteiger partial charge on any atom is -0.336 e. The molecule has 4 nitrogen and oxygen atoms in total. The molecule has 0 aliphatic carbocycles. The highest BCUT2D eigenvalue weighted by Crippen LogP contribution is 2.29. The van der Waals surface area contributed by atoms with Gasteiger partial charge in [-0.3, -0.25) is 9.69 Å². The van der Waals surface area contributed by atoms with E-state index in [0.717, 1.165) is 30.2 Å². The Kier molecular flexibility index (Phi) is 5.49. The number of carbonyl (C=O) groups is 1. The number of rotatable bonds is 4. The average molecular weight is 432 g/mol. The molecule has 2 aromatic heterocycles. The van der Waals surface area contributed by atoms with Crippen LogP contribution < -0.4 is 0 Å². The van der Waals surface area contributed by atoms with Crippen LogP contribution in [0.2, 0.25) is 0 Å². The van der Waals surface area contributed by atoms with Gasteiger partial charge in [0.05, 0.1) is 21.7 Å². The van der Waals surface area contributed by atoms with Crippen LogP contribution in [0.15, 0.2) is 72.1 Å². The molecule has 1 aliphatic heterocycles. The number of nitrogens with zero attached hydrogens (tertiary/aromatic N) is 3. The Labute approximate surface area is 184 Å². The predicted molar refractivity (Wildman–Crippen MR) is 123 cm³/mol. The summed E-state index contributed by atoms with van der Waals surface area (Å²) in [6.07, 6.45) is 0. The van der Waals surface area contributed by atoms with Crippen molar-refractivity contribution in [2.24, 2.45) is 0 Å². The van der Waals surface area contributed by atoms with Crippen molar-refractivity contribution in [1.29, 1.82) is 0 Å². The molecule has 0 N–H and O–H groups in total. The minimum atomic E-state index is -0.361. The number of benzene rings is 2. The third-order valence-electron chi connectivity index (χ3n) is 5.68. The maximum Gasteiger partial charge on any atom is 0.254 e. The van der Waals surface area contributed by atoms with Crippen LogP contribution in [0, 0.1) is 5.82 Å². The maximum atomic E-state index is 14.0. The molecule has 3 heterocycles. The van der Waals surface area contributed by atoms with Gasteiger partial charge in [-0.05, 0) is 41.3 Å². The second kappa shape index (κ2) is 8.57. The molecule has 1 saturated heterocycles. The predicted octanol–water partition coefficient (Wildman–Crippen LogP) is 5.06. The molecule has 0 saturated carbocycles. The Morgan fingerprint density at radius 2 is 1.77 bits per heavy atom. The first kappa shape index (κ1) is 19.8. The number of halogens is 1. The van der Waals surface area contributed by atoms with E-state index in [1.807, 2.05) is 46.7 Å². The molecule has 0 atom stereocenters. The number of piperazine rings is 1.